The van der Waals surface area contributed by atoms with Crippen molar-refractivity contribution in [2.24, 2.45) is 0 Å². The summed E-state index contributed by atoms with van der Waals surface area (Å²) in [7, 11) is 0. The van der Waals surface area contributed by atoms with Gasteiger partial charge in [-0.05, 0) is 29.3 Å². The number of nitrogens with zero attached hydrogens (tertiary/aromatic N) is 4. The van der Waals surface area contributed by atoms with E-state index < -0.39 is 0 Å². The van der Waals surface area contributed by atoms with E-state index in [1.54, 1.807) is 23.1 Å². The number of aromatic nitrogens is 4. The lowest BCUT2D eigenvalue weighted by atomic mass is 10.1. The summed E-state index contributed by atoms with van der Waals surface area (Å²) in [4.78, 5) is 8.81. The molecule has 7 heteroatoms. The van der Waals surface area contributed by atoms with Crippen LogP contribution in [0, 0.1) is 0 Å². The average molecular weight is 476 g/mol. The van der Waals surface area contributed by atoms with Crippen LogP contribution in [0.2, 0.25) is 5.02 Å². The van der Waals surface area contributed by atoms with Gasteiger partial charge in [0.1, 0.15) is 5.82 Å². The number of anilines is 1. The second kappa shape index (κ2) is 7.59. The van der Waals surface area contributed by atoms with E-state index >= 15 is 0 Å². The van der Waals surface area contributed by atoms with Crippen molar-refractivity contribution in [3.63, 3.8) is 0 Å². The van der Waals surface area contributed by atoms with Crippen LogP contribution in [0.25, 0.3) is 16.9 Å². The zero-order chi connectivity index (χ0) is 17.9. The van der Waals surface area contributed by atoms with E-state index in [1.165, 1.54) is 0 Å². The lowest BCUT2D eigenvalue weighted by molar-refractivity contribution is 0.926. The zero-order valence-electron chi connectivity index (χ0n) is 13.7. The second-order valence-corrected chi connectivity index (χ2v) is 6.91. The first-order valence-electron chi connectivity index (χ1n) is 8.07. The van der Waals surface area contributed by atoms with Gasteiger partial charge >= 0.3 is 0 Å². The summed E-state index contributed by atoms with van der Waals surface area (Å²) in [5.74, 6) is 0.881. The minimum absolute atomic E-state index is 0.676. The molecule has 0 fully saturated rings. The predicted molar refractivity (Wildman–Crippen MR) is 113 cm³/mol. The number of rotatable bonds is 5. The largest absolute Gasteiger partial charge is 0.366 e. The van der Waals surface area contributed by atoms with Gasteiger partial charge in [0.2, 0.25) is 0 Å². The summed E-state index contributed by atoms with van der Waals surface area (Å²) in [6.07, 6.45) is 5.33. The van der Waals surface area contributed by atoms with Crippen LogP contribution >= 0.6 is 34.2 Å². The average Bonchev–Trinajstić information content (AvgIpc) is 3.15. The highest BCUT2D eigenvalue weighted by atomic mass is 127. The standard InChI is InChI=1S/C19H15ClIN5/c20-16-3-1-2-14(15(16)11-21)17-10-19(26-18(25-17)6-9-24-26)23-12-13-4-7-22-8-5-13/h1-10,23H,11-12H2. The molecule has 0 amide bonds. The van der Waals surface area contributed by atoms with Crippen molar-refractivity contribution in [3.8, 4) is 11.3 Å². The topological polar surface area (TPSA) is 55.1 Å². The van der Waals surface area contributed by atoms with Crippen LogP contribution in [-0.2, 0) is 11.0 Å². The van der Waals surface area contributed by atoms with Gasteiger partial charge in [0, 0.05) is 46.1 Å². The fourth-order valence-electron chi connectivity index (χ4n) is 2.80. The fourth-order valence-corrected chi connectivity index (χ4v) is 4.09. The van der Waals surface area contributed by atoms with Crippen LogP contribution in [-0.4, -0.2) is 19.6 Å². The van der Waals surface area contributed by atoms with Crippen LogP contribution in [0.5, 0.6) is 0 Å². The number of alkyl halides is 1. The van der Waals surface area contributed by atoms with Gasteiger partial charge in [0.25, 0.3) is 0 Å². The molecule has 0 aliphatic heterocycles. The Hall–Kier alpha value is -2.19. The maximum atomic E-state index is 6.39. The smallest absolute Gasteiger partial charge is 0.157 e. The fraction of sp³-hybridized carbons (Fsp3) is 0.105. The third-order valence-corrected chi connectivity index (χ3v) is 5.23. The molecule has 0 saturated carbocycles. The molecule has 0 aliphatic carbocycles. The molecule has 1 aromatic carbocycles. The minimum Gasteiger partial charge on any atom is -0.366 e. The Morgan fingerprint density at radius 2 is 1.92 bits per heavy atom. The van der Waals surface area contributed by atoms with Crippen LogP contribution in [0.4, 0.5) is 5.82 Å². The normalized spacial score (nSPS) is 11.0. The molecule has 0 saturated heterocycles. The molecule has 130 valence electrons. The molecular weight excluding hydrogens is 461 g/mol. The van der Waals surface area contributed by atoms with E-state index in [4.69, 9.17) is 16.6 Å². The van der Waals surface area contributed by atoms with Crippen molar-refractivity contribution < 1.29 is 0 Å². The monoisotopic (exact) mass is 475 g/mol. The van der Waals surface area contributed by atoms with Crippen molar-refractivity contribution in [1.82, 2.24) is 19.6 Å². The van der Waals surface area contributed by atoms with E-state index in [2.05, 4.69) is 44.1 Å². The van der Waals surface area contributed by atoms with Crippen LogP contribution < -0.4 is 5.32 Å². The molecule has 3 aromatic heterocycles. The molecule has 0 unspecified atom stereocenters. The van der Waals surface area contributed by atoms with Crippen molar-refractivity contribution in [2.45, 2.75) is 11.0 Å². The minimum atomic E-state index is 0.676. The molecule has 0 spiro atoms. The number of hydrogen-bond acceptors (Lipinski definition) is 4. The summed E-state index contributed by atoms with van der Waals surface area (Å²) < 4.78 is 2.62. The van der Waals surface area contributed by atoms with Crippen molar-refractivity contribution in [2.75, 3.05) is 5.32 Å². The van der Waals surface area contributed by atoms with E-state index in [0.29, 0.717) is 6.54 Å². The first-order valence-corrected chi connectivity index (χ1v) is 9.98. The highest BCUT2D eigenvalue weighted by molar-refractivity contribution is 14.1. The molecule has 26 heavy (non-hydrogen) atoms. The molecule has 4 rings (SSSR count). The van der Waals surface area contributed by atoms with Crippen LogP contribution in [0.15, 0.2) is 61.1 Å². The van der Waals surface area contributed by atoms with Crippen molar-refractivity contribution >= 4 is 45.7 Å². The van der Waals surface area contributed by atoms with E-state index in [-0.39, 0.29) is 0 Å². The van der Waals surface area contributed by atoms with Crippen molar-refractivity contribution in [1.29, 1.82) is 0 Å². The highest BCUT2D eigenvalue weighted by Crippen LogP contribution is 2.31. The van der Waals surface area contributed by atoms with Crippen LogP contribution in [0.3, 0.4) is 0 Å². The molecular formula is C19H15ClIN5. The van der Waals surface area contributed by atoms with Gasteiger partial charge in [-0.3, -0.25) is 4.98 Å². The zero-order valence-corrected chi connectivity index (χ0v) is 16.6. The number of benzene rings is 1. The Bertz CT molecular complexity index is 1050. The number of nitrogens with one attached hydrogen (secondary N) is 1. The first-order chi connectivity index (χ1) is 12.8. The van der Waals surface area contributed by atoms with Gasteiger partial charge in [-0.25, -0.2) is 4.98 Å². The Morgan fingerprint density at radius 1 is 1.08 bits per heavy atom. The van der Waals surface area contributed by atoms with Gasteiger partial charge < -0.3 is 5.32 Å². The molecule has 3 heterocycles. The lowest BCUT2D eigenvalue weighted by Crippen LogP contribution is -2.07. The molecule has 1 N–H and O–H groups in total. The highest BCUT2D eigenvalue weighted by Gasteiger charge is 2.13. The molecule has 0 radical (unpaired) electrons. The predicted octanol–water partition coefficient (Wildman–Crippen LogP) is 4.99. The van der Waals surface area contributed by atoms with Crippen molar-refractivity contribution in [3.05, 3.63) is 77.2 Å². The molecule has 4 aromatic rings. The Labute approximate surface area is 169 Å². The summed E-state index contributed by atoms with van der Waals surface area (Å²) in [5.41, 5.74) is 4.95. The Morgan fingerprint density at radius 3 is 2.73 bits per heavy atom. The van der Waals surface area contributed by atoms with Gasteiger partial charge in [0.05, 0.1) is 11.9 Å². The second-order valence-electron chi connectivity index (χ2n) is 5.74. The molecule has 5 nitrogen and oxygen atoms in total. The molecule has 0 bridgehead atoms. The number of pyridine rings is 1. The summed E-state index contributed by atoms with van der Waals surface area (Å²) in [6, 6.07) is 13.8. The Balaban J connectivity index is 1.77. The number of halogens is 2. The van der Waals surface area contributed by atoms with E-state index in [0.717, 1.165) is 43.3 Å². The summed E-state index contributed by atoms with van der Waals surface area (Å²) >= 11 is 8.72. The number of hydrogen-bond donors (Lipinski definition) is 1. The molecule has 0 aliphatic rings. The number of fused-ring (bicyclic) bond motifs is 1. The van der Waals surface area contributed by atoms with Gasteiger partial charge in [-0.15, -0.1) is 0 Å². The lowest BCUT2D eigenvalue weighted by Gasteiger charge is -2.13. The van der Waals surface area contributed by atoms with Gasteiger partial charge in [-0.1, -0.05) is 46.3 Å². The third-order valence-electron chi connectivity index (χ3n) is 4.11. The molecule has 0 atom stereocenters. The summed E-state index contributed by atoms with van der Waals surface area (Å²) in [5, 5.41) is 8.59. The van der Waals surface area contributed by atoms with E-state index in [1.807, 2.05) is 36.4 Å². The third kappa shape index (κ3) is 3.39. The SMILES string of the molecule is Clc1cccc(-c2cc(NCc3ccncc3)n3nccc3n2)c1CI. The summed E-state index contributed by atoms with van der Waals surface area (Å²) in [6.45, 7) is 0.676. The first kappa shape index (κ1) is 17.2. The maximum absolute atomic E-state index is 6.39. The van der Waals surface area contributed by atoms with Gasteiger partial charge in [0.15, 0.2) is 5.65 Å². The maximum Gasteiger partial charge on any atom is 0.157 e. The van der Waals surface area contributed by atoms with Crippen LogP contribution in [0.1, 0.15) is 11.1 Å². The van der Waals surface area contributed by atoms with Gasteiger partial charge in [-0.2, -0.15) is 9.61 Å². The quantitative estimate of drug-likeness (QED) is 0.326. The van der Waals surface area contributed by atoms with E-state index in [9.17, 15) is 0 Å². The Kier molecular flexibility index (Phi) is 5.03.